The van der Waals surface area contributed by atoms with Crippen molar-refractivity contribution in [3.05, 3.63) is 46.6 Å². The van der Waals surface area contributed by atoms with Gasteiger partial charge in [0.25, 0.3) is 0 Å². The van der Waals surface area contributed by atoms with Crippen molar-refractivity contribution >= 4 is 17.5 Å². The molecule has 2 atom stereocenters. The Bertz CT molecular complexity index is 655. The number of carbonyl (C=O) groups is 1. The molecule has 1 amide bonds. The first-order valence-corrected chi connectivity index (χ1v) is 7.77. The highest BCUT2D eigenvalue weighted by molar-refractivity contribution is 6.30. The van der Waals surface area contributed by atoms with Gasteiger partial charge in [0.1, 0.15) is 6.04 Å². The average molecular weight is 338 g/mol. The lowest BCUT2D eigenvalue weighted by Gasteiger charge is -2.19. The molecule has 23 heavy (non-hydrogen) atoms. The fourth-order valence-corrected chi connectivity index (χ4v) is 2.29. The summed E-state index contributed by atoms with van der Waals surface area (Å²) >= 11 is 5.81. The number of aromatic nitrogens is 2. The van der Waals surface area contributed by atoms with Crippen LogP contribution in [0.3, 0.4) is 0 Å². The highest BCUT2D eigenvalue weighted by atomic mass is 35.5. The predicted octanol–water partition coefficient (Wildman–Crippen LogP) is 2.97. The first-order valence-electron chi connectivity index (χ1n) is 7.40. The maximum absolute atomic E-state index is 12.2. The van der Waals surface area contributed by atoms with Crippen LogP contribution in [0.25, 0.3) is 0 Å². The molecule has 0 radical (unpaired) electrons. The molecule has 0 aliphatic heterocycles. The molecule has 1 aromatic carbocycles. The zero-order valence-corrected chi connectivity index (χ0v) is 14.0. The van der Waals surface area contributed by atoms with Crippen molar-refractivity contribution in [3.63, 3.8) is 0 Å². The van der Waals surface area contributed by atoms with Crippen molar-refractivity contribution in [2.45, 2.75) is 39.3 Å². The molecular weight excluding hydrogens is 318 g/mol. The summed E-state index contributed by atoms with van der Waals surface area (Å²) in [6.07, 6.45) is -0.956. The van der Waals surface area contributed by atoms with E-state index in [4.69, 9.17) is 16.1 Å². The highest BCUT2D eigenvalue weighted by Crippen LogP contribution is 2.22. The van der Waals surface area contributed by atoms with E-state index < -0.39 is 6.10 Å². The molecule has 1 aromatic heterocycles. The molecule has 6 nitrogen and oxygen atoms in total. The number of aryl methyl sites for hydroxylation is 1. The van der Waals surface area contributed by atoms with Crippen molar-refractivity contribution in [2.24, 2.45) is 5.92 Å². The van der Waals surface area contributed by atoms with E-state index in [1.54, 1.807) is 31.2 Å². The van der Waals surface area contributed by atoms with Crippen molar-refractivity contribution in [1.29, 1.82) is 0 Å². The molecule has 1 heterocycles. The van der Waals surface area contributed by atoms with Crippen molar-refractivity contribution in [1.82, 2.24) is 15.5 Å². The third-order valence-electron chi connectivity index (χ3n) is 3.43. The average Bonchev–Trinajstić information content (AvgIpc) is 2.91. The second-order valence-electron chi connectivity index (χ2n) is 5.74. The lowest BCUT2D eigenvalue weighted by atomic mass is 10.0. The van der Waals surface area contributed by atoms with E-state index in [2.05, 4.69) is 15.5 Å². The van der Waals surface area contributed by atoms with E-state index in [1.807, 2.05) is 13.8 Å². The van der Waals surface area contributed by atoms with Gasteiger partial charge in [0.15, 0.2) is 5.82 Å². The number of nitrogens with one attached hydrogen (secondary N) is 1. The molecule has 2 rings (SSSR count). The maximum Gasteiger partial charge on any atom is 0.249 e. The van der Waals surface area contributed by atoms with Gasteiger partial charge in [0.05, 0.1) is 12.5 Å². The number of benzene rings is 1. The van der Waals surface area contributed by atoms with E-state index >= 15 is 0 Å². The molecule has 2 unspecified atom stereocenters. The van der Waals surface area contributed by atoms with E-state index in [0.717, 1.165) is 0 Å². The summed E-state index contributed by atoms with van der Waals surface area (Å²) in [4.78, 5) is 16.4. The number of aliphatic hydroxyl groups excluding tert-OH is 1. The molecule has 0 saturated heterocycles. The quantitative estimate of drug-likeness (QED) is 0.846. The number of rotatable bonds is 6. The molecule has 0 bridgehead atoms. The van der Waals surface area contributed by atoms with E-state index in [-0.39, 0.29) is 24.3 Å². The summed E-state index contributed by atoms with van der Waals surface area (Å²) in [5.41, 5.74) is 0.638. The lowest BCUT2D eigenvalue weighted by molar-refractivity contribution is -0.124. The number of carbonyl (C=O) groups excluding carboxylic acids is 1. The first kappa shape index (κ1) is 17.4. The Morgan fingerprint density at radius 3 is 2.52 bits per heavy atom. The van der Waals surface area contributed by atoms with Crippen molar-refractivity contribution in [2.75, 3.05) is 0 Å². The minimum absolute atomic E-state index is 0.0576. The van der Waals surface area contributed by atoms with Crippen LogP contribution in [0.15, 0.2) is 28.8 Å². The van der Waals surface area contributed by atoms with Gasteiger partial charge in [-0.2, -0.15) is 4.98 Å². The summed E-state index contributed by atoms with van der Waals surface area (Å²) in [6.45, 7) is 5.61. The largest absolute Gasteiger partial charge is 0.388 e. The Labute approximate surface area is 139 Å². The third kappa shape index (κ3) is 4.77. The van der Waals surface area contributed by atoms with Crippen LogP contribution in [0.5, 0.6) is 0 Å². The van der Waals surface area contributed by atoms with Gasteiger partial charge in [0.2, 0.25) is 11.8 Å². The van der Waals surface area contributed by atoms with Crippen LogP contribution < -0.4 is 5.32 Å². The van der Waals surface area contributed by atoms with Gasteiger partial charge < -0.3 is 14.9 Å². The summed E-state index contributed by atoms with van der Waals surface area (Å²) in [6, 6.07) is 6.36. The van der Waals surface area contributed by atoms with Crippen molar-refractivity contribution in [3.8, 4) is 0 Å². The standard InChI is InChI=1S/C16H20ClN3O3/c1-9(2)15(16-18-10(3)20-23-16)19-14(22)8-13(21)11-4-6-12(17)7-5-11/h4-7,9,13,15,21H,8H2,1-3H3,(H,19,22). The first-order chi connectivity index (χ1) is 10.9. The number of amides is 1. The van der Waals surface area contributed by atoms with Gasteiger partial charge in [-0.25, -0.2) is 0 Å². The molecule has 0 spiro atoms. The molecule has 2 N–H and O–H groups in total. The normalized spacial score (nSPS) is 13.8. The molecule has 7 heteroatoms. The number of halogens is 1. The van der Waals surface area contributed by atoms with Crippen LogP contribution in [-0.2, 0) is 4.79 Å². The van der Waals surface area contributed by atoms with Gasteiger partial charge >= 0.3 is 0 Å². The number of nitrogens with zero attached hydrogens (tertiary/aromatic N) is 2. The second kappa shape index (κ2) is 7.57. The third-order valence-corrected chi connectivity index (χ3v) is 3.68. The van der Waals surface area contributed by atoms with Crippen LogP contribution in [0.4, 0.5) is 0 Å². The lowest BCUT2D eigenvalue weighted by Crippen LogP contribution is -2.32. The molecule has 0 saturated carbocycles. The number of hydrogen-bond donors (Lipinski definition) is 2. The Kier molecular flexibility index (Phi) is 5.74. The van der Waals surface area contributed by atoms with Crippen LogP contribution in [0, 0.1) is 12.8 Å². The molecule has 0 aliphatic rings. The summed E-state index contributed by atoms with van der Waals surface area (Å²) in [7, 11) is 0. The fourth-order valence-electron chi connectivity index (χ4n) is 2.16. The Balaban J connectivity index is 2.00. The molecule has 0 fully saturated rings. The van der Waals surface area contributed by atoms with E-state index in [9.17, 15) is 9.90 Å². The van der Waals surface area contributed by atoms with Crippen molar-refractivity contribution < 1.29 is 14.4 Å². The topological polar surface area (TPSA) is 88.2 Å². The van der Waals surface area contributed by atoms with Crippen LogP contribution in [0.1, 0.15) is 49.7 Å². The zero-order chi connectivity index (χ0) is 17.0. The van der Waals surface area contributed by atoms with Crippen LogP contribution in [0.2, 0.25) is 5.02 Å². The van der Waals surface area contributed by atoms with Gasteiger partial charge in [-0.3, -0.25) is 4.79 Å². The Morgan fingerprint density at radius 1 is 1.35 bits per heavy atom. The fraction of sp³-hybridized carbons (Fsp3) is 0.438. The summed E-state index contributed by atoms with van der Waals surface area (Å²) in [5, 5.41) is 17.3. The Morgan fingerprint density at radius 2 is 2.00 bits per heavy atom. The smallest absolute Gasteiger partial charge is 0.249 e. The Hall–Kier alpha value is -1.92. The number of hydrogen-bond acceptors (Lipinski definition) is 5. The summed E-state index contributed by atoms with van der Waals surface area (Å²) < 4.78 is 5.14. The molecular formula is C16H20ClN3O3. The maximum atomic E-state index is 12.2. The minimum Gasteiger partial charge on any atom is -0.388 e. The number of aliphatic hydroxyl groups is 1. The van der Waals surface area contributed by atoms with Crippen LogP contribution in [-0.4, -0.2) is 21.2 Å². The predicted molar refractivity (Wildman–Crippen MR) is 85.8 cm³/mol. The molecule has 124 valence electrons. The van der Waals surface area contributed by atoms with Gasteiger partial charge in [0, 0.05) is 5.02 Å². The zero-order valence-electron chi connectivity index (χ0n) is 13.3. The van der Waals surface area contributed by atoms with E-state index in [0.29, 0.717) is 22.3 Å². The monoisotopic (exact) mass is 337 g/mol. The van der Waals surface area contributed by atoms with Crippen LogP contribution >= 0.6 is 11.6 Å². The van der Waals surface area contributed by atoms with Gasteiger partial charge in [-0.05, 0) is 30.5 Å². The SMILES string of the molecule is Cc1noc(C(NC(=O)CC(O)c2ccc(Cl)cc2)C(C)C)n1. The second-order valence-corrected chi connectivity index (χ2v) is 6.18. The molecule has 2 aromatic rings. The van der Waals surface area contributed by atoms with Gasteiger partial charge in [-0.15, -0.1) is 0 Å². The summed E-state index contributed by atoms with van der Waals surface area (Å²) in [5.74, 6) is 0.668. The molecule has 0 aliphatic carbocycles. The van der Waals surface area contributed by atoms with Gasteiger partial charge in [-0.1, -0.05) is 42.7 Å². The highest BCUT2D eigenvalue weighted by Gasteiger charge is 2.25. The van der Waals surface area contributed by atoms with E-state index in [1.165, 1.54) is 0 Å². The minimum atomic E-state index is -0.899.